The van der Waals surface area contributed by atoms with Gasteiger partial charge in [0.15, 0.2) is 0 Å². The second kappa shape index (κ2) is 6.77. The van der Waals surface area contributed by atoms with Gasteiger partial charge in [0.2, 0.25) is 0 Å². The minimum Gasteiger partial charge on any atom is -0.389 e. The average molecular weight is 294 g/mol. The molecule has 1 heterocycles. The maximum atomic E-state index is 10.7. The second-order valence-corrected chi connectivity index (χ2v) is 5.51. The lowest BCUT2D eigenvalue weighted by Gasteiger charge is -2.26. The molecule has 3 aromatic rings. The molecule has 0 aliphatic heterocycles. The van der Waals surface area contributed by atoms with Crippen LogP contribution in [0.1, 0.15) is 18.5 Å². The third-order valence-corrected chi connectivity index (χ3v) is 4.04. The summed E-state index contributed by atoms with van der Waals surface area (Å²) in [6, 6.07) is 20.5. The van der Waals surface area contributed by atoms with Gasteiger partial charge in [0, 0.05) is 18.3 Å². The summed E-state index contributed by atoms with van der Waals surface area (Å²) < 4.78 is 2.17. The number of fused-ring (bicyclic) bond motifs is 1. The molecule has 0 bridgehead atoms. The predicted molar refractivity (Wildman–Crippen MR) is 91.1 cm³/mol. The normalized spacial score (nSPS) is 14.1. The van der Waals surface area contributed by atoms with Gasteiger partial charge in [-0.15, -0.1) is 0 Å². The van der Waals surface area contributed by atoms with Gasteiger partial charge >= 0.3 is 0 Å². The lowest BCUT2D eigenvalue weighted by atomic mass is 10.0. The van der Waals surface area contributed by atoms with Crippen molar-refractivity contribution in [2.45, 2.75) is 19.1 Å². The van der Waals surface area contributed by atoms with Crippen LogP contribution < -0.4 is 5.32 Å². The molecule has 22 heavy (non-hydrogen) atoms. The van der Waals surface area contributed by atoms with Crippen molar-refractivity contribution in [2.24, 2.45) is 0 Å². The number of hydrogen-bond acceptors (Lipinski definition) is 2. The van der Waals surface area contributed by atoms with Gasteiger partial charge in [0.25, 0.3) is 0 Å². The Balaban J connectivity index is 2.05. The average Bonchev–Trinajstić information content (AvgIpc) is 2.98. The Bertz CT molecular complexity index is 720. The van der Waals surface area contributed by atoms with Crippen molar-refractivity contribution >= 4 is 10.9 Å². The van der Waals surface area contributed by atoms with Crippen LogP contribution in [0, 0.1) is 0 Å². The first-order chi connectivity index (χ1) is 10.8. The summed E-state index contributed by atoms with van der Waals surface area (Å²) in [7, 11) is 0. The Morgan fingerprint density at radius 3 is 2.50 bits per heavy atom. The molecule has 0 saturated carbocycles. The van der Waals surface area contributed by atoms with E-state index >= 15 is 0 Å². The summed E-state index contributed by atoms with van der Waals surface area (Å²) in [5, 5.41) is 15.2. The van der Waals surface area contributed by atoms with E-state index in [1.807, 2.05) is 30.3 Å². The third-order valence-electron chi connectivity index (χ3n) is 4.04. The Morgan fingerprint density at radius 1 is 1.00 bits per heavy atom. The molecule has 0 spiro atoms. The standard InChI is InChI=1S/C19H22N2O/c1-2-20-14-18(22)19(16-9-4-3-5-10-16)21-13-12-15-8-6-7-11-17(15)21/h3-13,18-20,22H,2,14H2,1H3/t18-,19-/m0/s1. The van der Waals surface area contributed by atoms with E-state index in [0.717, 1.165) is 17.6 Å². The molecule has 0 aliphatic carbocycles. The predicted octanol–water partition coefficient (Wildman–Crippen LogP) is 3.20. The van der Waals surface area contributed by atoms with Crippen LogP contribution in [0.25, 0.3) is 10.9 Å². The second-order valence-electron chi connectivity index (χ2n) is 5.51. The molecule has 2 atom stereocenters. The summed E-state index contributed by atoms with van der Waals surface area (Å²) in [4.78, 5) is 0. The monoisotopic (exact) mass is 294 g/mol. The molecule has 1 aromatic heterocycles. The molecule has 114 valence electrons. The Morgan fingerprint density at radius 2 is 1.73 bits per heavy atom. The molecule has 0 amide bonds. The fourth-order valence-corrected chi connectivity index (χ4v) is 2.97. The summed E-state index contributed by atoms with van der Waals surface area (Å²) in [5.41, 5.74) is 2.26. The molecular weight excluding hydrogens is 272 g/mol. The van der Waals surface area contributed by atoms with E-state index in [1.165, 1.54) is 5.39 Å². The van der Waals surface area contributed by atoms with Crippen LogP contribution in [0.4, 0.5) is 0 Å². The zero-order chi connectivity index (χ0) is 15.4. The van der Waals surface area contributed by atoms with Crippen molar-refractivity contribution in [3.63, 3.8) is 0 Å². The fraction of sp³-hybridized carbons (Fsp3) is 0.263. The molecule has 0 radical (unpaired) electrons. The number of para-hydroxylation sites is 1. The molecule has 3 heteroatoms. The number of aliphatic hydroxyl groups is 1. The Labute approximate surface area is 131 Å². The molecule has 0 saturated heterocycles. The van der Waals surface area contributed by atoms with E-state index in [0.29, 0.717) is 6.54 Å². The summed E-state index contributed by atoms with van der Waals surface area (Å²) in [5.74, 6) is 0. The summed E-state index contributed by atoms with van der Waals surface area (Å²) in [6.07, 6.45) is 1.58. The van der Waals surface area contributed by atoms with Crippen molar-refractivity contribution in [3.8, 4) is 0 Å². The van der Waals surface area contributed by atoms with Crippen LogP contribution >= 0.6 is 0 Å². The van der Waals surface area contributed by atoms with Gasteiger partial charge in [0.05, 0.1) is 12.1 Å². The van der Waals surface area contributed by atoms with Gasteiger partial charge in [-0.3, -0.25) is 0 Å². The highest BCUT2D eigenvalue weighted by molar-refractivity contribution is 5.80. The van der Waals surface area contributed by atoms with E-state index in [2.05, 4.69) is 53.3 Å². The Hall–Kier alpha value is -2.10. The van der Waals surface area contributed by atoms with Crippen LogP contribution in [0.15, 0.2) is 66.9 Å². The van der Waals surface area contributed by atoms with Gasteiger partial charge in [-0.1, -0.05) is 55.5 Å². The number of rotatable bonds is 6. The van der Waals surface area contributed by atoms with Crippen molar-refractivity contribution in [1.29, 1.82) is 0 Å². The van der Waals surface area contributed by atoms with Gasteiger partial charge in [0.1, 0.15) is 0 Å². The Kier molecular flexibility index (Phi) is 4.56. The quantitative estimate of drug-likeness (QED) is 0.732. The summed E-state index contributed by atoms with van der Waals surface area (Å²) in [6.45, 7) is 3.48. The lowest BCUT2D eigenvalue weighted by Crippen LogP contribution is -2.34. The smallest absolute Gasteiger partial charge is 0.0912 e. The molecule has 0 unspecified atom stereocenters. The van der Waals surface area contributed by atoms with Crippen molar-refractivity contribution < 1.29 is 5.11 Å². The van der Waals surface area contributed by atoms with E-state index in [9.17, 15) is 5.11 Å². The van der Waals surface area contributed by atoms with Crippen LogP contribution in [-0.2, 0) is 0 Å². The minimum absolute atomic E-state index is 0.0971. The van der Waals surface area contributed by atoms with Crippen LogP contribution in [0.2, 0.25) is 0 Å². The van der Waals surface area contributed by atoms with Gasteiger partial charge in [-0.05, 0) is 29.6 Å². The third kappa shape index (κ3) is 2.91. The van der Waals surface area contributed by atoms with Crippen LogP contribution in [-0.4, -0.2) is 28.9 Å². The maximum Gasteiger partial charge on any atom is 0.0912 e. The molecule has 3 rings (SSSR count). The molecule has 0 aliphatic rings. The van der Waals surface area contributed by atoms with Crippen molar-refractivity contribution in [1.82, 2.24) is 9.88 Å². The number of benzene rings is 2. The highest BCUT2D eigenvalue weighted by atomic mass is 16.3. The highest BCUT2D eigenvalue weighted by Gasteiger charge is 2.23. The number of nitrogens with one attached hydrogen (secondary N) is 1. The molecule has 0 fully saturated rings. The number of likely N-dealkylation sites (N-methyl/N-ethyl adjacent to an activating group) is 1. The van der Waals surface area contributed by atoms with Crippen molar-refractivity contribution in [3.05, 3.63) is 72.4 Å². The van der Waals surface area contributed by atoms with Gasteiger partial charge < -0.3 is 15.0 Å². The highest BCUT2D eigenvalue weighted by Crippen LogP contribution is 2.27. The van der Waals surface area contributed by atoms with E-state index in [1.54, 1.807) is 0 Å². The number of hydrogen-bond donors (Lipinski definition) is 2. The first kappa shape index (κ1) is 14.8. The molecular formula is C19H22N2O. The first-order valence-electron chi connectivity index (χ1n) is 7.80. The van der Waals surface area contributed by atoms with Gasteiger partial charge in [-0.25, -0.2) is 0 Å². The topological polar surface area (TPSA) is 37.2 Å². The molecule has 2 N–H and O–H groups in total. The number of aromatic nitrogens is 1. The van der Waals surface area contributed by atoms with Crippen LogP contribution in [0.5, 0.6) is 0 Å². The van der Waals surface area contributed by atoms with Gasteiger partial charge in [-0.2, -0.15) is 0 Å². The SMILES string of the molecule is CCNC[C@H](O)[C@H](c1ccccc1)n1ccc2ccccc21. The first-order valence-corrected chi connectivity index (χ1v) is 7.80. The molecule has 2 aromatic carbocycles. The van der Waals surface area contributed by atoms with E-state index < -0.39 is 6.10 Å². The lowest BCUT2D eigenvalue weighted by molar-refractivity contribution is 0.130. The number of nitrogens with zero attached hydrogens (tertiary/aromatic N) is 1. The minimum atomic E-state index is -0.488. The molecule has 3 nitrogen and oxygen atoms in total. The van der Waals surface area contributed by atoms with Crippen molar-refractivity contribution in [2.75, 3.05) is 13.1 Å². The maximum absolute atomic E-state index is 10.7. The van der Waals surface area contributed by atoms with Crippen LogP contribution in [0.3, 0.4) is 0 Å². The number of aliphatic hydroxyl groups excluding tert-OH is 1. The van der Waals surface area contributed by atoms with E-state index in [4.69, 9.17) is 0 Å². The zero-order valence-electron chi connectivity index (χ0n) is 12.8. The largest absolute Gasteiger partial charge is 0.389 e. The summed E-state index contributed by atoms with van der Waals surface area (Å²) >= 11 is 0. The fourth-order valence-electron chi connectivity index (χ4n) is 2.97. The van der Waals surface area contributed by atoms with E-state index in [-0.39, 0.29) is 6.04 Å². The zero-order valence-corrected chi connectivity index (χ0v) is 12.8.